The molecule has 0 saturated heterocycles. The van der Waals surface area contributed by atoms with Crippen LogP contribution in [0.4, 0.5) is 5.69 Å². The zero-order valence-electron chi connectivity index (χ0n) is 10.9. The summed E-state index contributed by atoms with van der Waals surface area (Å²) in [5, 5.41) is 9.04. The summed E-state index contributed by atoms with van der Waals surface area (Å²) in [5.74, 6) is -0.486. The van der Waals surface area contributed by atoms with Gasteiger partial charge < -0.3 is 9.52 Å². The van der Waals surface area contributed by atoms with Gasteiger partial charge in [0.15, 0.2) is 0 Å². The van der Waals surface area contributed by atoms with E-state index in [0.717, 1.165) is 0 Å². The topological polar surface area (TPSA) is 96.6 Å². The average molecular weight is 295 g/mol. The van der Waals surface area contributed by atoms with E-state index in [4.69, 9.17) is 9.52 Å². The Kier molecular flexibility index (Phi) is 3.54. The number of aryl methyl sites for hydroxylation is 2. The van der Waals surface area contributed by atoms with Crippen LogP contribution in [0.2, 0.25) is 0 Å². The summed E-state index contributed by atoms with van der Waals surface area (Å²) in [6, 6.07) is 7.18. The van der Waals surface area contributed by atoms with Gasteiger partial charge >= 0.3 is 5.97 Å². The molecule has 0 atom stereocenters. The van der Waals surface area contributed by atoms with Gasteiger partial charge in [0.2, 0.25) is 0 Å². The Bertz CT molecular complexity index is 761. The van der Waals surface area contributed by atoms with Crippen LogP contribution in [0.15, 0.2) is 39.6 Å². The molecule has 2 N–H and O–H groups in total. The van der Waals surface area contributed by atoms with Gasteiger partial charge in [-0.25, -0.2) is 13.2 Å². The Morgan fingerprint density at radius 1 is 1.25 bits per heavy atom. The maximum absolute atomic E-state index is 12.2. The molecule has 1 aromatic carbocycles. The van der Waals surface area contributed by atoms with E-state index in [-0.39, 0.29) is 21.9 Å². The van der Waals surface area contributed by atoms with Crippen LogP contribution in [0, 0.1) is 13.8 Å². The van der Waals surface area contributed by atoms with Crippen LogP contribution < -0.4 is 4.72 Å². The molecule has 0 aliphatic carbocycles. The Balaban J connectivity index is 2.44. The van der Waals surface area contributed by atoms with Gasteiger partial charge in [-0.3, -0.25) is 4.72 Å². The second-order valence-corrected chi connectivity index (χ2v) is 5.88. The summed E-state index contributed by atoms with van der Waals surface area (Å²) >= 11 is 0. The van der Waals surface area contributed by atoms with Crippen LogP contribution in [-0.4, -0.2) is 19.5 Å². The maximum Gasteiger partial charge on any atom is 0.337 e. The molecule has 0 spiro atoms. The molecule has 0 bridgehead atoms. The van der Waals surface area contributed by atoms with Crippen molar-refractivity contribution in [2.24, 2.45) is 0 Å². The zero-order valence-corrected chi connectivity index (χ0v) is 11.7. The first kappa shape index (κ1) is 14.1. The van der Waals surface area contributed by atoms with Crippen LogP contribution >= 0.6 is 0 Å². The van der Waals surface area contributed by atoms with Crippen LogP contribution in [0.5, 0.6) is 0 Å². The summed E-state index contributed by atoms with van der Waals surface area (Å²) in [6.07, 6.45) is 0. The lowest BCUT2D eigenvalue weighted by Crippen LogP contribution is -2.15. The van der Waals surface area contributed by atoms with Gasteiger partial charge in [0.05, 0.1) is 11.3 Å². The number of benzene rings is 1. The van der Waals surface area contributed by atoms with Gasteiger partial charge in [-0.05, 0) is 26.0 Å². The molecule has 106 valence electrons. The van der Waals surface area contributed by atoms with Crippen LogP contribution in [0.3, 0.4) is 0 Å². The zero-order chi connectivity index (χ0) is 14.9. The number of para-hydroxylation sites is 1. The Labute approximate surface area is 116 Å². The van der Waals surface area contributed by atoms with Gasteiger partial charge in [-0.15, -0.1) is 0 Å². The SMILES string of the molecule is Cc1cc(S(=O)(=O)Nc2ccccc2C(=O)O)c(C)o1. The third-order valence-corrected chi connectivity index (χ3v) is 4.16. The fraction of sp³-hybridized carbons (Fsp3) is 0.154. The van der Waals surface area contributed by atoms with E-state index in [2.05, 4.69) is 4.72 Å². The number of hydrogen-bond donors (Lipinski definition) is 2. The van der Waals surface area contributed by atoms with E-state index in [0.29, 0.717) is 5.76 Å². The number of hydrogen-bond acceptors (Lipinski definition) is 4. The first-order chi connectivity index (χ1) is 9.31. The molecule has 2 aromatic rings. The second kappa shape index (κ2) is 5.01. The van der Waals surface area contributed by atoms with Gasteiger partial charge in [0.25, 0.3) is 10.0 Å². The van der Waals surface area contributed by atoms with Gasteiger partial charge in [0.1, 0.15) is 16.4 Å². The molecule has 20 heavy (non-hydrogen) atoms. The standard InChI is InChI=1S/C13H13NO5S/c1-8-7-12(9(2)19-8)20(17,18)14-11-6-4-3-5-10(11)13(15)16/h3-7,14H,1-2H3,(H,15,16). The lowest BCUT2D eigenvalue weighted by atomic mass is 10.2. The lowest BCUT2D eigenvalue weighted by Gasteiger charge is -2.09. The third kappa shape index (κ3) is 2.67. The van der Waals surface area contributed by atoms with E-state index in [1.54, 1.807) is 13.0 Å². The Morgan fingerprint density at radius 3 is 2.45 bits per heavy atom. The van der Waals surface area contributed by atoms with Gasteiger partial charge in [-0.1, -0.05) is 12.1 Å². The fourth-order valence-corrected chi connectivity index (χ4v) is 3.15. The molecule has 0 aliphatic rings. The van der Waals surface area contributed by atoms with E-state index < -0.39 is 16.0 Å². The monoisotopic (exact) mass is 295 g/mol. The molecule has 0 radical (unpaired) electrons. The van der Waals surface area contributed by atoms with Gasteiger partial charge in [0, 0.05) is 6.07 Å². The van der Waals surface area contributed by atoms with Crippen molar-refractivity contribution in [3.05, 3.63) is 47.4 Å². The lowest BCUT2D eigenvalue weighted by molar-refractivity contribution is 0.0698. The highest BCUT2D eigenvalue weighted by molar-refractivity contribution is 7.92. The molecule has 1 heterocycles. The minimum Gasteiger partial charge on any atom is -0.478 e. The number of nitrogens with one attached hydrogen (secondary N) is 1. The molecule has 7 heteroatoms. The number of rotatable bonds is 4. The van der Waals surface area contributed by atoms with Crippen molar-refractivity contribution in [1.82, 2.24) is 0 Å². The van der Waals surface area contributed by atoms with Crippen molar-refractivity contribution in [2.75, 3.05) is 4.72 Å². The maximum atomic E-state index is 12.2. The number of sulfonamides is 1. The fourth-order valence-electron chi connectivity index (χ4n) is 1.83. The van der Waals surface area contributed by atoms with Gasteiger partial charge in [-0.2, -0.15) is 0 Å². The molecule has 0 unspecified atom stereocenters. The van der Waals surface area contributed by atoms with Crippen LogP contribution in [0.1, 0.15) is 21.9 Å². The molecule has 0 saturated carbocycles. The van der Waals surface area contributed by atoms with Crippen molar-refractivity contribution >= 4 is 21.7 Å². The number of aromatic carboxylic acids is 1. The van der Waals surface area contributed by atoms with Crippen molar-refractivity contribution < 1.29 is 22.7 Å². The molecule has 0 amide bonds. The summed E-state index contributed by atoms with van der Waals surface area (Å²) in [4.78, 5) is 11.1. The molecule has 2 rings (SSSR count). The number of furan rings is 1. The van der Waals surface area contributed by atoms with Crippen LogP contribution in [0.25, 0.3) is 0 Å². The highest BCUT2D eigenvalue weighted by atomic mass is 32.2. The second-order valence-electron chi connectivity index (χ2n) is 4.23. The Morgan fingerprint density at radius 2 is 1.90 bits per heavy atom. The molecule has 6 nitrogen and oxygen atoms in total. The molecule has 0 fully saturated rings. The van der Waals surface area contributed by atoms with Crippen molar-refractivity contribution in [1.29, 1.82) is 0 Å². The summed E-state index contributed by atoms with van der Waals surface area (Å²) in [5.41, 5.74) is -0.104. The predicted octanol–water partition coefficient (Wildman–Crippen LogP) is 2.40. The summed E-state index contributed by atoms with van der Waals surface area (Å²) < 4.78 is 31.9. The first-order valence-electron chi connectivity index (χ1n) is 5.73. The molecule has 1 aromatic heterocycles. The molecular weight excluding hydrogens is 282 g/mol. The van der Waals surface area contributed by atoms with E-state index in [1.165, 1.54) is 31.2 Å². The number of anilines is 1. The first-order valence-corrected chi connectivity index (χ1v) is 7.22. The number of carbonyl (C=O) groups is 1. The Hall–Kier alpha value is -2.28. The highest BCUT2D eigenvalue weighted by Crippen LogP contribution is 2.24. The normalized spacial score (nSPS) is 11.3. The van der Waals surface area contributed by atoms with Crippen molar-refractivity contribution in [2.45, 2.75) is 18.7 Å². The van der Waals surface area contributed by atoms with Crippen molar-refractivity contribution in [3.8, 4) is 0 Å². The predicted molar refractivity (Wildman–Crippen MR) is 72.4 cm³/mol. The average Bonchev–Trinajstić information content (AvgIpc) is 2.69. The minimum atomic E-state index is -3.89. The number of carboxylic acids is 1. The smallest absolute Gasteiger partial charge is 0.337 e. The number of carboxylic acid groups (broad SMARTS) is 1. The largest absolute Gasteiger partial charge is 0.478 e. The van der Waals surface area contributed by atoms with Crippen LogP contribution in [-0.2, 0) is 10.0 Å². The summed E-state index contributed by atoms with van der Waals surface area (Å²) in [6.45, 7) is 3.17. The highest BCUT2D eigenvalue weighted by Gasteiger charge is 2.22. The minimum absolute atomic E-state index is 0.00445. The van der Waals surface area contributed by atoms with Crippen molar-refractivity contribution in [3.63, 3.8) is 0 Å². The van der Waals surface area contributed by atoms with E-state index in [9.17, 15) is 13.2 Å². The molecular formula is C13H13NO5S. The van der Waals surface area contributed by atoms with E-state index >= 15 is 0 Å². The third-order valence-electron chi connectivity index (χ3n) is 2.69. The quantitative estimate of drug-likeness (QED) is 0.902. The molecule has 0 aliphatic heterocycles. The van der Waals surface area contributed by atoms with E-state index in [1.807, 2.05) is 0 Å². The summed E-state index contributed by atoms with van der Waals surface area (Å²) in [7, 11) is -3.89.